The minimum atomic E-state index is -0.0348. The molecular weight excluding hydrogens is 434 g/mol. The maximum absolute atomic E-state index is 12.7. The van der Waals surface area contributed by atoms with E-state index in [9.17, 15) is 4.79 Å². The van der Waals surface area contributed by atoms with E-state index in [1.807, 2.05) is 6.07 Å². The van der Waals surface area contributed by atoms with Gasteiger partial charge in [-0.25, -0.2) is 4.98 Å². The predicted octanol–water partition coefficient (Wildman–Crippen LogP) is 2.88. The van der Waals surface area contributed by atoms with Crippen LogP contribution in [0.5, 0.6) is 0 Å². The van der Waals surface area contributed by atoms with Gasteiger partial charge in [0.1, 0.15) is 15.5 Å². The zero-order valence-corrected chi connectivity index (χ0v) is 18.5. The normalized spacial score (nSPS) is 13.5. The van der Waals surface area contributed by atoms with Crippen LogP contribution in [0, 0.1) is 6.92 Å². The highest BCUT2D eigenvalue weighted by atomic mass is 32.1. The molecule has 5 heterocycles. The van der Waals surface area contributed by atoms with Crippen LogP contribution in [-0.4, -0.2) is 39.1 Å². The first-order valence-electron chi connectivity index (χ1n) is 10.0. The zero-order chi connectivity index (χ0) is 21.2. The summed E-state index contributed by atoms with van der Waals surface area (Å²) in [6, 6.07) is 1.98. The molecular formula is C20H21N7O2S2. The first kappa shape index (κ1) is 20.2. The van der Waals surface area contributed by atoms with Crippen molar-refractivity contribution in [1.29, 1.82) is 0 Å². The number of rotatable bonds is 7. The third-order valence-electron chi connectivity index (χ3n) is 4.97. The highest BCUT2D eigenvalue weighted by Crippen LogP contribution is 2.44. The molecule has 31 heavy (non-hydrogen) atoms. The maximum atomic E-state index is 12.7. The molecule has 0 aromatic carbocycles. The average Bonchev–Trinajstić information content (AvgIpc) is 3.46. The summed E-state index contributed by atoms with van der Waals surface area (Å²) in [6.07, 6.45) is 4.84. The van der Waals surface area contributed by atoms with Gasteiger partial charge in [-0.05, 0) is 24.6 Å². The fourth-order valence-electron chi connectivity index (χ4n) is 3.54. The Balaban J connectivity index is 1.31. The number of hydrogen-bond donors (Lipinski definition) is 3. The van der Waals surface area contributed by atoms with Crippen LogP contribution < -0.4 is 16.0 Å². The van der Waals surface area contributed by atoms with Crippen molar-refractivity contribution in [3.05, 3.63) is 40.6 Å². The number of pyridine rings is 1. The molecule has 0 radical (unpaired) electrons. The quantitative estimate of drug-likeness (QED) is 0.364. The van der Waals surface area contributed by atoms with Gasteiger partial charge in [0.15, 0.2) is 5.82 Å². The molecule has 11 heteroatoms. The van der Waals surface area contributed by atoms with Gasteiger partial charge in [-0.3, -0.25) is 9.78 Å². The summed E-state index contributed by atoms with van der Waals surface area (Å²) < 4.78 is 6.04. The topological polar surface area (TPSA) is 118 Å². The van der Waals surface area contributed by atoms with E-state index in [-0.39, 0.29) is 5.91 Å². The molecule has 1 aliphatic rings. The van der Waals surface area contributed by atoms with Gasteiger partial charge in [-0.1, -0.05) is 5.16 Å². The molecule has 0 bridgehead atoms. The number of aromatic nitrogens is 4. The number of thiazole rings is 1. The van der Waals surface area contributed by atoms with Crippen LogP contribution in [0.4, 0.5) is 5.00 Å². The van der Waals surface area contributed by atoms with Gasteiger partial charge in [0.2, 0.25) is 11.8 Å². The summed E-state index contributed by atoms with van der Waals surface area (Å²) in [5.41, 5.74) is 3.23. The van der Waals surface area contributed by atoms with E-state index in [0.717, 1.165) is 45.3 Å². The van der Waals surface area contributed by atoms with Crippen molar-refractivity contribution in [3.8, 4) is 10.6 Å². The largest absolute Gasteiger partial charge is 0.340 e. The Morgan fingerprint density at radius 3 is 3.10 bits per heavy atom. The molecule has 1 aliphatic heterocycles. The van der Waals surface area contributed by atoms with Crippen LogP contribution in [0.2, 0.25) is 0 Å². The number of nitrogens with zero attached hydrogens (tertiary/aromatic N) is 4. The third kappa shape index (κ3) is 4.35. The van der Waals surface area contributed by atoms with Crippen molar-refractivity contribution >= 4 is 43.8 Å². The molecule has 5 rings (SSSR count). The van der Waals surface area contributed by atoms with E-state index in [2.05, 4.69) is 31.1 Å². The summed E-state index contributed by atoms with van der Waals surface area (Å²) in [5.74, 6) is 1.08. The van der Waals surface area contributed by atoms with Crippen molar-refractivity contribution in [2.24, 2.45) is 0 Å². The number of aryl methyl sites for hydroxylation is 1. The third-order valence-corrected chi connectivity index (χ3v) is 7.17. The lowest BCUT2D eigenvalue weighted by molar-refractivity contribution is -0.116. The Labute approximate surface area is 186 Å². The zero-order valence-electron chi connectivity index (χ0n) is 16.9. The number of anilines is 1. The van der Waals surface area contributed by atoms with Gasteiger partial charge < -0.3 is 20.5 Å². The molecule has 9 nitrogen and oxygen atoms in total. The summed E-state index contributed by atoms with van der Waals surface area (Å²) >= 11 is 3.28. The van der Waals surface area contributed by atoms with E-state index < -0.39 is 0 Å². The highest BCUT2D eigenvalue weighted by Gasteiger charge is 2.25. The molecule has 4 aromatic heterocycles. The SMILES string of the molecule is Cc1nc(CNCCC(=O)Nc2sc3c(c2-c2nc4cnccc4s2)CCNC3)no1. The van der Waals surface area contributed by atoms with Crippen LogP contribution in [0.1, 0.15) is 28.6 Å². The van der Waals surface area contributed by atoms with E-state index in [1.54, 1.807) is 42.0 Å². The van der Waals surface area contributed by atoms with Gasteiger partial charge in [0.05, 0.1) is 17.4 Å². The standard InChI is InChI=1S/C20H21N7O2S2/c1-11-24-16(27-29-11)10-23-7-4-17(28)26-20-18(12-2-5-22-9-15(12)31-20)19-25-13-8-21-6-3-14(13)30-19/h3,6,8,22-23H,2,4-5,7,9-10H2,1H3,(H,26,28). The van der Waals surface area contributed by atoms with Crippen LogP contribution in [-0.2, 0) is 24.3 Å². The molecule has 160 valence electrons. The molecule has 0 aliphatic carbocycles. The number of hydrogen-bond acceptors (Lipinski definition) is 10. The van der Waals surface area contributed by atoms with Gasteiger partial charge in [0.25, 0.3) is 0 Å². The fourth-order valence-corrected chi connectivity index (χ4v) is 5.85. The van der Waals surface area contributed by atoms with E-state index in [0.29, 0.717) is 31.2 Å². The Bertz CT molecular complexity index is 1200. The minimum Gasteiger partial charge on any atom is -0.340 e. The van der Waals surface area contributed by atoms with Crippen LogP contribution in [0.25, 0.3) is 20.8 Å². The van der Waals surface area contributed by atoms with Crippen LogP contribution >= 0.6 is 22.7 Å². The van der Waals surface area contributed by atoms with E-state index in [1.165, 1.54) is 10.4 Å². The minimum absolute atomic E-state index is 0.0348. The molecule has 0 saturated heterocycles. The van der Waals surface area contributed by atoms with Crippen molar-refractivity contribution in [1.82, 2.24) is 30.7 Å². The van der Waals surface area contributed by atoms with Gasteiger partial charge in [-0.15, -0.1) is 22.7 Å². The Hall–Kier alpha value is -2.73. The molecule has 4 aromatic rings. The number of thiophene rings is 1. The van der Waals surface area contributed by atoms with Crippen molar-refractivity contribution in [2.75, 3.05) is 18.4 Å². The Morgan fingerprint density at radius 2 is 2.26 bits per heavy atom. The second-order valence-electron chi connectivity index (χ2n) is 7.20. The predicted molar refractivity (Wildman–Crippen MR) is 120 cm³/mol. The average molecular weight is 456 g/mol. The molecule has 0 atom stereocenters. The lowest BCUT2D eigenvalue weighted by atomic mass is 10.0. The fraction of sp³-hybridized carbons (Fsp3) is 0.350. The van der Waals surface area contributed by atoms with Crippen molar-refractivity contribution < 1.29 is 9.32 Å². The first-order chi connectivity index (χ1) is 15.2. The lowest BCUT2D eigenvalue weighted by Gasteiger charge is -2.13. The number of carbonyl (C=O) groups excluding carboxylic acids is 1. The maximum Gasteiger partial charge on any atom is 0.226 e. The molecule has 1 amide bonds. The first-order valence-corrected chi connectivity index (χ1v) is 11.7. The van der Waals surface area contributed by atoms with Gasteiger partial charge >= 0.3 is 0 Å². The summed E-state index contributed by atoms with van der Waals surface area (Å²) in [4.78, 5) is 27.0. The van der Waals surface area contributed by atoms with Crippen LogP contribution in [0.15, 0.2) is 23.0 Å². The summed E-state index contributed by atoms with van der Waals surface area (Å²) in [6.45, 7) is 4.49. The monoisotopic (exact) mass is 455 g/mol. The molecule has 0 spiro atoms. The Kier molecular flexibility index (Phi) is 5.72. The number of fused-ring (bicyclic) bond motifs is 2. The molecule has 0 saturated carbocycles. The molecule has 0 unspecified atom stereocenters. The lowest BCUT2D eigenvalue weighted by Crippen LogP contribution is -2.22. The molecule has 0 fully saturated rings. The summed E-state index contributed by atoms with van der Waals surface area (Å²) in [7, 11) is 0. The van der Waals surface area contributed by atoms with Crippen molar-refractivity contribution in [2.45, 2.75) is 32.9 Å². The number of carbonyl (C=O) groups is 1. The smallest absolute Gasteiger partial charge is 0.226 e. The number of nitrogens with one attached hydrogen (secondary N) is 3. The van der Waals surface area contributed by atoms with Crippen LogP contribution in [0.3, 0.4) is 0 Å². The summed E-state index contributed by atoms with van der Waals surface area (Å²) in [5, 5.41) is 15.4. The molecule has 3 N–H and O–H groups in total. The highest BCUT2D eigenvalue weighted by molar-refractivity contribution is 7.22. The van der Waals surface area contributed by atoms with Gasteiger partial charge in [-0.2, -0.15) is 4.98 Å². The Morgan fingerprint density at radius 1 is 1.32 bits per heavy atom. The van der Waals surface area contributed by atoms with E-state index in [4.69, 9.17) is 9.51 Å². The van der Waals surface area contributed by atoms with Gasteiger partial charge in [0, 0.05) is 43.1 Å². The second kappa shape index (κ2) is 8.79. The number of amides is 1. The van der Waals surface area contributed by atoms with Crippen molar-refractivity contribution in [3.63, 3.8) is 0 Å². The van der Waals surface area contributed by atoms with E-state index >= 15 is 0 Å². The second-order valence-corrected chi connectivity index (χ2v) is 9.34.